The van der Waals surface area contributed by atoms with Gasteiger partial charge >= 0.3 is 0 Å². The van der Waals surface area contributed by atoms with E-state index in [9.17, 15) is 13.2 Å². The third-order valence-electron chi connectivity index (χ3n) is 4.01. The van der Waals surface area contributed by atoms with Gasteiger partial charge < -0.3 is 10.1 Å². The van der Waals surface area contributed by atoms with E-state index in [4.69, 9.17) is 4.74 Å². The Kier molecular flexibility index (Phi) is 6.08. The van der Waals surface area contributed by atoms with Crippen molar-refractivity contribution in [2.75, 3.05) is 17.1 Å². The van der Waals surface area contributed by atoms with Gasteiger partial charge in [-0.2, -0.15) is 0 Å². The molecule has 29 heavy (non-hydrogen) atoms. The van der Waals surface area contributed by atoms with E-state index in [1.165, 1.54) is 30.5 Å². The van der Waals surface area contributed by atoms with Crippen molar-refractivity contribution in [2.45, 2.75) is 18.2 Å². The number of carbonyl (C=O) groups is 1. The molecule has 0 saturated carbocycles. The van der Waals surface area contributed by atoms with Crippen molar-refractivity contribution < 1.29 is 17.9 Å². The molecule has 1 amide bonds. The highest BCUT2D eigenvalue weighted by atomic mass is 32.2. The van der Waals surface area contributed by atoms with Gasteiger partial charge in [0, 0.05) is 23.1 Å². The largest absolute Gasteiger partial charge is 0.496 e. The summed E-state index contributed by atoms with van der Waals surface area (Å²) in [6.07, 6.45) is 1.61. The molecule has 0 saturated heterocycles. The summed E-state index contributed by atoms with van der Waals surface area (Å²) in [5.74, 6) is 0.393. The standard InChI is InChI=1S/C20H20N4O4S/c1-14-11-12-21-20(22-14)24-29(26,27)17-9-7-16(8-10-17)23-19(25)13-15-5-3-4-6-18(15)28-2/h3-12H,13H2,1-2H3,(H,23,25)(H,21,22,24). The number of amides is 1. The van der Waals surface area contributed by atoms with Crippen LogP contribution in [0.15, 0.2) is 65.7 Å². The molecule has 2 aromatic carbocycles. The number of hydrogen-bond donors (Lipinski definition) is 2. The fraction of sp³-hybridized carbons (Fsp3) is 0.150. The second-order valence-corrected chi connectivity index (χ2v) is 7.87. The lowest BCUT2D eigenvalue weighted by Gasteiger charge is -2.10. The summed E-state index contributed by atoms with van der Waals surface area (Å²) in [4.78, 5) is 20.2. The number of carbonyl (C=O) groups excluding carboxylic acids is 1. The van der Waals surface area contributed by atoms with Crippen LogP contribution in [0.2, 0.25) is 0 Å². The zero-order chi connectivity index (χ0) is 20.9. The van der Waals surface area contributed by atoms with E-state index < -0.39 is 10.0 Å². The monoisotopic (exact) mass is 412 g/mol. The molecule has 0 aliphatic rings. The molecule has 0 aliphatic heterocycles. The number of benzene rings is 2. The van der Waals surface area contributed by atoms with E-state index in [1.54, 1.807) is 26.2 Å². The number of nitrogens with one attached hydrogen (secondary N) is 2. The number of hydrogen-bond acceptors (Lipinski definition) is 6. The second-order valence-electron chi connectivity index (χ2n) is 6.19. The zero-order valence-electron chi connectivity index (χ0n) is 15.9. The van der Waals surface area contributed by atoms with E-state index in [2.05, 4.69) is 20.0 Å². The van der Waals surface area contributed by atoms with Gasteiger partial charge in [0.15, 0.2) is 0 Å². The number of aryl methyl sites for hydroxylation is 1. The van der Waals surface area contributed by atoms with Gasteiger partial charge in [-0.05, 0) is 43.3 Å². The van der Waals surface area contributed by atoms with Crippen molar-refractivity contribution in [1.82, 2.24) is 9.97 Å². The Morgan fingerprint density at radius 1 is 1.07 bits per heavy atom. The lowest BCUT2D eigenvalue weighted by molar-refractivity contribution is -0.115. The van der Waals surface area contributed by atoms with E-state index in [1.807, 2.05) is 18.2 Å². The van der Waals surface area contributed by atoms with E-state index in [0.717, 1.165) is 5.56 Å². The van der Waals surface area contributed by atoms with Crippen molar-refractivity contribution in [1.29, 1.82) is 0 Å². The molecular formula is C20H20N4O4S. The molecule has 1 aromatic heterocycles. The van der Waals surface area contributed by atoms with Crippen LogP contribution < -0.4 is 14.8 Å². The number of sulfonamides is 1. The molecule has 0 unspecified atom stereocenters. The Labute approximate surface area is 169 Å². The summed E-state index contributed by atoms with van der Waals surface area (Å²) < 4.78 is 32.5. The van der Waals surface area contributed by atoms with Crippen molar-refractivity contribution in [3.8, 4) is 5.75 Å². The molecule has 0 bridgehead atoms. The van der Waals surface area contributed by atoms with Gasteiger partial charge in [-0.1, -0.05) is 18.2 Å². The second kappa shape index (κ2) is 8.70. The van der Waals surface area contributed by atoms with Crippen molar-refractivity contribution in [2.24, 2.45) is 0 Å². The first-order valence-corrected chi connectivity index (χ1v) is 10.2. The first-order chi connectivity index (χ1) is 13.9. The first-order valence-electron chi connectivity index (χ1n) is 8.71. The van der Waals surface area contributed by atoms with Crippen LogP contribution in [0.1, 0.15) is 11.3 Å². The summed E-state index contributed by atoms with van der Waals surface area (Å²) in [7, 11) is -2.29. The molecule has 3 rings (SSSR count). The van der Waals surface area contributed by atoms with E-state index in [0.29, 0.717) is 17.1 Å². The van der Waals surface area contributed by atoms with Crippen LogP contribution in [-0.4, -0.2) is 31.4 Å². The van der Waals surface area contributed by atoms with Crippen LogP contribution in [0, 0.1) is 6.92 Å². The third-order valence-corrected chi connectivity index (χ3v) is 5.36. The van der Waals surface area contributed by atoms with Gasteiger partial charge in [0.05, 0.1) is 18.4 Å². The normalized spacial score (nSPS) is 11.0. The Morgan fingerprint density at radius 3 is 2.48 bits per heavy atom. The van der Waals surface area contributed by atoms with Crippen molar-refractivity contribution in [3.05, 3.63) is 72.1 Å². The predicted octanol–water partition coefficient (Wildman–Crippen LogP) is 2.78. The van der Waals surface area contributed by atoms with Crippen LogP contribution in [-0.2, 0) is 21.2 Å². The molecule has 0 atom stereocenters. The fourth-order valence-corrected chi connectivity index (χ4v) is 3.57. The maximum atomic E-state index is 12.5. The van der Waals surface area contributed by atoms with Gasteiger partial charge in [0.2, 0.25) is 11.9 Å². The molecule has 0 aliphatic carbocycles. The van der Waals surface area contributed by atoms with Crippen LogP contribution in [0.5, 0.6) is 5.75 Å². The van der Waals surface area contributed by atoms with Crippen LogP contribution in [0.4, 0.5) is 11.6 Å². The molecule has 8 nitrogen and oxygen atoms in total. The lowest BCUT2D eigenvalue weighted by Crippen LogP contribution is -2.16. The van der Waals surface area contributed by atoms with E-state index in [-0.39, 0.29) is 23.2 Å². The highest BCUT2D eigenvalue weighted by molar-refractivity contribution is 7.92. The number of ether oxygens (including phenoxy) is 1. The molecule has 9 heteroatoms. The molecule has 2 N–H and O–H groups in total. The number of para-hydroxylation sites is 1. The Balaban J connectivity index is 1.67. The SMILES string of the molecule is COc1ccccc1CC(=O)Nc1ccc(S(=O)(=O)Nc2nccc(C)n2)cc1. The Bertz CT molecular complexity index is 1120. The quantitative estimate of drug-likeness (QED) is 0.617. The summed E-state index contributed by atoms with van der Waals surface area (Å²) in [5, 5.41) is 2.74. The molecule has 150 valence electrons. The summed E-state index contributed by atoms with van der Waals surface area (Å²) in [6, 6.07) is 14.8. The number of methoxy groups -OCH3 is 1. The minimum Gasteiger partial charge on any atom is -0.496 e. The maximum Gasteiger partial charge on any atom is 0.264 e. The molecule has 0 radical (unpaired) electrons. The zero-order valence-corrected chi connectivity index (χ0v) is 16.7. The van der Waals surface area contributed by atoms with Crippen molar-refractivity contribution >= 4 is 27.6 Å². The molecule has 0 fully saturated rings. The summed E-state index contributed by atoms with van der Waals surface area (Å²) in [5.41, 5.74) is 1.88. The van der Waals surface area contributed by atoms with Gasteiger partial charge in [-0.15, -0.1) is 0 Å². The third kappa shape index (κ3) is 5.29. The van der Waals surface area contributed by atoms with E-state index >= 15 is 0 Å². The number of aromatic nitrogens is 2. The minimum atomic E-state index is -3.84. The van der Waals surface area contributed by atoms with Crippen LogP contribution >= 0.6 is 0 Å². The van der Waals surface area contributed by atoms with Gasteiger partial charge in [-0.3, -0.25) is 4.79 Å². The number of nitrogens with zero attached hydrogens (tertiary/aromatic N) is 2. The highest BCUT2D eigenvalue weighted by Crippen LogP contribution is 2.20. The Hall–Kier alpha value is -3.46. The molecular weight excluding hydrogens is 392 g/mol. The smallest absolute Gasteiger partial charge is 0.264 e. The number of rotatable bonds is 7. The average molecular weight is 412 g/mol. The average Bonchev–Trinajstić information content (AvgIpc) is 2.68. The molecule has 1 heterocycles. The fourth-order valence-electron chi connectivity index (χ4n) is 2.62. The first kappa shape index (κ1) is 20.3. The highest BCUT2D eigenvalue weighted by Gasteiger charge is 2.16. The molecule has 0 spiro atoms. The predicted molar refractivity (Wildman–Crippen MR) is 109 cm³/mol. The summed E-state index contributed by atoms with van der Waals surface area (Å²) >= 11 is 0. The van der Waals surface area contributed by atoms with Gasteiger partial charge in [0.1, 0.15) is 5.75 Å². The minimum absolute atomic E-state index is 0.000752. The molecule has 3 aromatic rings. The number of anilines is 2. The topological polar surface area (TPSA) is 110 Å². The van der Waals surface area contributed by atoms with Crippen LogP contribution in [0.25, 0.3) is 0 Å². The van der Waals surface area contributed by atoms with Crippen LogP contribution in [0.3, 0.4) is 0 Å². The van der Waals surface area contributed by atoms with Crippen molar-refractivity contribution in [3.63, 3.8) is 0 Å². The Morgan fingerprint density at radius 2 is 1.79 bits per heavy atom. The lowest BCUT2D eigenvalue weighted by atomic mass is 10.1. The van der Waals surface area contributed by atoms with Gasteiger partial charge in [-0.25, -0.2) is 23.1 Å². The maximum absolute atomic E-state index is 12.5. The van der Waals surface area contributed by atoms with Gasteiger partial charge in [0.25, 0.3) is 10.0 Å². The summed E-state index contributed by atoms with van der Waals surface area (Å²) in [6.45, 7) is 1.74.